The van der Waals surface area contributed by atoms with Crippen molar-refractivity contribution in [3.63, 3.8) is 0 Å². The first kappa shape index (κ1) is 18.3. The van der Waals surface area contributed by atoms with Crippen molar-refractivity contribution in [2.24, 2.45) is 0 Å². The number of ether oxygens (including phenoxy) is 1. The largest absolute Gasteiger partial charge is 0.484 e. The highest BCUT2D eigenvalue weighted by Crippen LogP contribution is 2.31. The second-order valence-corrected chi connectivity index (χ2v) is 6.59. The highest BCUT2D eigenvalue weighted by molar-refractivity contribution is 7.18. The maximum absolute atomic E-state index is 12.1. The van der Waals surface area contributed by atoms with Gasteiger partial charge in [0.1, 0.15) is 5.75 Å². The van der Waals surface area contributed by atoms with Gasteiger partial charge in [0.25, 0.3) is 5.91 Å². The van der Waals surface area contributed by atoms with Crippen molar-refractivity contribution in [2.45, 2.75) is 6.92 Å². The van der Waals surface area contributed by atoms with E-state index in [1.54, 1.807) is 24.3 Å². The minimum atomic E-state index is -0.386. The first-order chi connectivity index (χ1) is 13.1. The molecule has 0 aliphatic rings. The number of amides is 1. The van der Waals surface area contributed by atoms with Crippen LogP contribution in [0.2, 0.25) is 0 Å². The number of ketones is 1. The van der Waals surface area contributed by atoms with Gasteiger partial charge < -0.3 is 4.74 Å². The van der Waals surface area contributed by atoms with Crippen molar-refractivity contribution in [1.82, 2.24) is 4.98 Å². The Morgan fingerprint density at radius 3 is 2.48 bits per heavy atom. The summed E-state index contributed by atoms with van der Waals surface area (Å²) in [6.07, 6.45) is 0. The van der Waals surface area contributed by atoms with E-state index in [1.165, 1.54) is 6.92 Å². The average Bonchev–Trinajstić information content (AvgIpc) is 3.11. The van der Waals surface area contributed by atoms with Crippen molar-refractivity contribution < 1.29 is 14.3 Å². The van der Waals surface area contributed by atoms with Crippen molar-refractivity contribution in [1.29, 1.82) is 5.26 Å². The van der Waals surface area contributed by atoms with Gasteiger partial charge in [-0.15, -0.1) is 0 Å². The smallest absolute Gasteiger partial charge is 0.264 e. The number of nitriles is 1. The summed E-state index contributed by atoms with van der Waals surface area (Å²) in [4.78, 5) is 28.9. The van der Waals surface area contributed by atoms with Gasteiger partial charge in [-0.25, -0.2) is 4.98 Å². The van der Waals surface area contributed by atoms with E-state index in [2.05, 4.69) is 10.3 Å². The second kappa shape index (κ2) is 8.25. The number of hydrogen-bond donors (Lipinski definition) is 1. The molecule has 3 aromatic rings. The summed E-state index contributed by atoms with van der Waals surface area (Å²) in [7, 11) is 0. The van der Waals surface area contributed by atoms with E-state index < -0.39 is 0 Å². The molecule has 1 aromatic heterocycles. The fourth-order valence-electron chi connectivity index (χ4n) is 2.33. The van der Waals surface area contributed by atoms with Gasteiger partial charge in [-0.2, -0.15) is 5.26 Å². The van der Waals surface area contributed by atoms with Crippen LogP contribution in [0, 0.1) is 11.3 Å². The van der Waals surface area contributed by atoms with Gasteiger partial charge >= 0.3 is 0 Å². The summed E-state index contributed by atoms with van der Waals surface area (Å²) in [6.45, 7) is 1.27. The summed E-state index contributed by atoms with van der Waals surface area (Å²) < 4.78 is 5.40. The topological polar surface area (TPSA) is 92.1 Å². The predicted octanol–water partition coefficient (Wildman–Crippen LogP) is 3.90. The van der Waals surface area contributed by atoms with Crippen molar-refractivity contribution >= 4 is 28.2 Å². The number of aromatic nitrogens is 1. The van der Waals surface area contributed by atoms with E-state index in [1.807, 2.05) is 36.4 Å². The number of Topliss-reactive ketones (excluding diaryl/α,β-unsaturated/α-hetero) is 1. The van der Waals surface area contributed by atoms with Gasteiger partial charge in [0.05, 0.1) is 22.2 Å². The predicted molar refractivity (Wildman–Crippen MR) is 103 cm³/mol. The molecule has 0 bridgehead atoms. The van der Waals surface area contributed by atoms with Gasteiger partial charge in [0, 0.05) is 12.5 Å². The Morgan fingerprint density at radius 1 is 1.15 bits per heavy atom. The molecule has 2 aromatic carbocycles. The highest BCUT2D eigenvalue weighted by atomic mass is 32.1. The molecule has 7 heteroatoms. The second-order valence-electron chi connectivity index (χ2n) is 5.59. The Labute approximate surface area is 160 Å². The molecule has 0 spiro atoms. The summed E-state index contributed by atoms with van der Waals surface area (Å²) >= 11 is 1.13. The first-order valence-corrected chi connectivity index (χ1v) is 8.88. The fourth-order valence-corrected chi connectivity index (χ4v) is 3.23. The molecule has 0 unspecified atom stereocenters. The summed E-state index contributed by atoms with van der Waals surface area (Å²) in [5.41, 5.74) is 1.88. The van der Waals surface area contributed by atoms with Crippen LogP contribution in [0.1, 0.15) is 22.2 Å². The Kier molecular flexibility index (Phi) is 5.59. The fraction of sp³-hybridized carbons (Fsp3) is 0.100. The molecular weight excluding hydrogens is 362 g/mol. The molecule has 0 fully saturated rings. The minimum Gasteiger partial charge on any atom is -0.484 e. The number of hydrogen-bond acceptors (Lipinski definition) is 6. The quantitative estimate of drug-likeness (QED) is 0.658. The third kappa shape index (κ3) is 4.57. The summed E-state index contributed by atoms with van der Waals surface area (Å²) in [5.74, 6) is -0.0128. The summed E-state index contributed by atoms with van der Waals surface area (Å²) in [6, 6.07) is 17.8. The molecule has 1 N–H and O–H groups in total. The third-order valence-corrected chi connectivity index (χ3v) is 4.67. The van der Waals surface area contributed by atoms with E-state index >= 15 is 0 Å². The molecule has 27 heavy (non-hydrogen) atoms. The van der Waals surface area contributed by atoms with E-state index in [-0.39, 0.29) is 18.3 Å². The van der Waals surface area contributed by atoms with Gasteiger partial charge in [-0.3, -0.25) is 14.9 Å². The lowest BCUT2D eigenvalue weighted by molar-refractivity contribution is -0.118. The average molecular weight is 377 g/mol. The third-order valence-electron chi connectivity index (χ3n) is 3.59. The molecule has 1 heterocycles. The van der Waals surface area contributed by atoms with Crippen LogP contribution in [0.3, 0.4) is 0 Å². The lowest BCUT2D eigenvalue weighted by atomic mass is 10.1. The number of anilines is 1. The molecule has 3 rings (SSSR count). The molecule has 0 saturated heterocycles. The van der Waals surface area contributed by atoms with Gasteiger partial charge in [0.2, 0.25) is 0 Å². The van der Waals surface area contributed by atoms with Gasteiger partial charge in [-0.05, 0) is 24.3 Å². The lowest BCUT2D eigenvalue weighted by Gasteiger charge is -2.05. The van der Waals surface area contributed by atoms with Crippen LogP contribution in [0.15, 0.2) is 54.6 Å². The van der Waals surface area contributed by atoms with Crippen LogP contribution in [0.4, 0.5) is 5.13 Å². The number of thiazole rings is 1. The monoisotopic (exact) mass is 377 g/mol. The van der Waals surface area contributed by atoms with Crippen molar-refractivity contribution in [3.05, 3.63) is 65.0 Å². The molecule has 1 amide bonds. The number of carbonyl (C=O) groups excluding carboxylic acids is 2. The number of nitrogens with zero attached hydrogens (tertiary/aromatic N) is 2. The minimum absolute atomic E-state index is 0.110. The Bertz CT molecular complexity index is 1010. The standard InChI is InChI=1S/C20H15N3O3S/c1-13(24)19-18(15-5-3-2-4-6-15)23-20(27-19)22-17(25)12-26-16-9-7-14(11-21)8-10-16/h2-10H,12H2,1H3,(H,22,23,25). The van der Waals surface area contributed by atoms with Crippen LogP contribution >= 0.6 is 11.3 Å². The Balaban J connectivity index is 1.68. The number of nitrogens with one attached hydrogen (secondary N) is 1. The van der Waals surface area contributed by atoms with E-state index in [0.29, 0.717) is 27.0 Å². The molecule has 0 aliphatic heterocycles. The van der Waals surface area contributed by atoms with Crippen LogP contribution < -0.4 is 10.1 Å². The van der Waals surface area contributed by atoms with E-state index in [9.17, 15) is 9.59 Å². The summed E-state index contributed by atoms with van der Waals surface area (Å²) in [5, 5.41) is 11.8. The molecule has 0 saturated carbocycles. The van der Waals surface area contributed by atoms with Crippen molar-refractivity contribution in [2.75, 3.05) is 11.9 Å². The van der Waals surface area contributed by atoms with E-state index in [4.69, 9.17) is 10.00 Å². The van der Waals surface area contributed by atoms with Crippen LogP contribution in [-0.4, -0.2) is 23.3 Å². The van der Waals surface area contributed by atoms with Crippen molar-refractivity contribution in [3.8, 4) is 23.1 Å². The van der Waals surface area contributed by atoms with Gasteiger partial charge in [0.15, 0.2) is 17.5 Å². The Morgan fingerprint density at radius 2 is 1.85 bits per heavy atom. The molecule has 0 radical (unpaired) electrons. The van der Waals surface area contributed by atoms with Crippen LogP contribution in [0.25, 0.3) is 11.3 Å². The first-order valence-electron chi connectivity index (χ1n) is 8.07. The maximum Gasteiger partial charge on any atom is 0.264 e. The zero-order valence-corrected chi connectivity index (χ0v) is 15.2. The van der Waals surface area contributed by atoms with Crippen LogP contribution in [-0.2, 0) is 4.79 Å². The lowest BCUT2D eigenvalue weighted by Crippen LogP contribution is -2.20. The number of rotatable bonds is 6. The zero-order valence-electron chi connectivity index (χ0n) is 14.4. The van der Waals surface area contributed by atoms with E-state index in [0.717, 1.165) is 16.9 Å². The molecular formula is C20H15N3O3S. The molecule has 0 atom stereocenters. The van der Waals surface area contributed by atoms with Crippen LogP contribution in [0.5, 0.6) is 5.75 Å². The highest BCUT2D eigenvalue weighted by Gasteiger charge is 2.18. The molecule has 0 aliphatic carbocycles. The Hall–Kier alpha value is -3.50. The molecule has 134 valence electrons. The normalized spacial score (nSPS) is 10.1. The zero-order chi connectivity index (χ0) is 19.2. The SMILES string of the molecule is CC(=O)c1sc(NC(=O)COc2ccc(C#N)cc2)nc1-c1ccccc1. The molecule has 6 nitrogen and oxygen atoms in total. The maximum atomic E-state index is 12.1. The van der Waals surface area contributed by atoms with Gasteiger partial charge in [-0.1, -0.05) is 41.7 Å². The number of benzene rings is 2. The number of carbonyl (C=O) groups is 2.